The number of likely N-dealkylation sites (N-methyl/N-ethyl adjacent to an activating group) is 1. The van der Waals surface area contributed by atoms with Crippen LogP contribution in [0.3, 0.4) is 0 Å². The average Bonchev–Trinajstić information content (AvgIpc) is 2.62. The predicted octanol–water partition coefficient (Wildman–Crippen LogP) is 1.54. The molecule has 5 heteroatoms. The van der Waals surface area contributed by atoms with E-state index in [0.717, 1.165) is 19.4 Å². The lowest BCUT2D eigenvalue weighted by molar-refractivity contribution is -0.133. The predicted molar refractivity (Wildman–Crippen MR) is 86.2 cm³/mol. The van der Waals surface area contributed by atoms with Crippen LogP contribution >= 0.6 is 0 Å². The van der Waals surface area contributed by atoms with E-state index in [0.29, 0.717) is 25.7 Å². The Balaban J connectivity index is 2.52. The summed E-state index contributed by atoms with van der Waals surface area (Å²) in [4.78, 5) is 16.7. The maximum Gasteiger partial charge on any atom is 0.243 e. The lowest BCUT2D eigenvalue weighted by atomic mass is 9.99. The van der Waals surface area contributed by atoms with Crippen LogP contribution in [0, 0.1) is 5.92 Å². The summed E-state index contributed by atoms with van der Waals surface area (Å²) < 4.78 is 5.65. The molecule has 0 radical (unpaired) electrons. The molecule has 0 bridgehead atoms. The number of ether oxygens (including phenoxy) is 1. The van der Waals surface area contributed by atoms with E-state index in [2.05, 4.69) is 31.0 Å². The zero-order chi connectivity index (χ0) is 16.0. The number of carbonyl (C=O) groups is 1. The highest BCUT2D eigenvalue weighted by Crippen LogP contribution is 2.26. The van der Waals surface area contributed by atoms with Crippen LogP contribution in [-0.4, -0.2) is 67.8 Å². The summed E-state index contributed by atoms with van der Waals surface area (Å²) in [6.45, 7) is 11.4. The van der Waals surface area contributed by atoms with E-state index in [9.17, 15) is 4.79 Å². The maximum atomic E-state index is 12.6. The van der Waals surface area contributed by atoms with Crippen molar-refractivity contribution in [3.05, 3.63) is 0 Å². The third-order valence-electron chi connectivity index (χ3n) is 4.16. The number of rotatable bonds is 9. The van der Waals surface area contributed by atoms with Gasteiger partial charge in [-0.25, -0.2) is 0 Å². The molecule has 0 saturated carbocycles. The number of nitrogens with one attached hydrogen (secondary N) is 1. The van der Waals surface area contributed by atoms with E-state index in [1.54, 1.807) is 0 Å². The van der Waals surface area contributed by atoms with E-state index >= 15 is 0 Å². The van der Waals surface area contributed by atoms with Crippen molar-refractivity contribution in [1.82, 2.24) is 15.1 Å². The van der Waals surface area contributed by atoms with Gasteiger partial charge in [0.2, 0.25) is 5.91 Å². The Labute approximate surface area is 130 Å². The Morgan fingerprint density at radius 1 is 1.38 bits per heavy atom. The SMILES string of the molecule is CCC1(C)NC(CC(C)C)N(CCOCCN(C)C)C1=O. The molecule has 1 fully saturated rings. The smallest absolute Gasteiger partial charge is 0.243 e. The fraction of sp³-hybridized carbons (Fsp3) is 0.938. The lowest BCUT2D eigenvalue weighted by Crippen LogP contribution is -2.44. The van der Waals surface area contributed by atoms with Gasteiger partial charge in [-0.1, -0.05) is 20.8 Å². The summed E-state index contributed by atoms with van der Waals surface area (Å²) in [6, 6.07) is 0. The molecule has 0 spiro atoms. The van der Waals surface area contributed by atoms with Gasteiger partial charge in [-0.15, -0.1) is 0 Å². The summed E-state index contributed by atoms with van der Waals surface area (Å²) in [5.41, 5.74) is -0.413. The molecule has 1 N–H and O–H groups in total. The minimum absolute atomic E-state index is 0.139. The van der Waals surface area contributed by atoms with Gasteiger partial charge in [-0.2, -0.15) is 0 Å². The average molecular weight is 299 g/mol. The van der Waals surface area contributed by atoms with Crippen LogP contribution < -0.4 is 5.32 Å². The Bertz CT molecular complexity index is 333. The molecule has 1 aliphatic heterocycles. The van der Waals surface area contributed by atoms with Crippen molar-refractivity contribution < 1.29 is 9.53 Å². The third kappa shape index (κ3) is 5.24. The van der Waals surface area contributed by atoms with E-state index in [1.165, 1.54) is 0 Å². The largest absolute Gasteiger partial charge is 0.378 e. The first-order chi connectivity index (χ1) is 9.80. The maximum absolute atomic E-state index is 12.6. The summed E-state index contributed by atoms with van der Waals surface area (Å²) >= 11 is 0. The number of hydrogen-bond acceptors (Lipinski definition) is 4. The highest BCUT2D eigenvalue weighted by molar-refractivity contribution is 5.88. The second kappa shape index (κ2) is 8.11. The monoisotopic (exact) mass is 299 g/mol. The Kier molecular flexibility index (Phi) is 7.10. The fourth-order valence-electron chi connectivity index (χ4n) is 2.62. The van der Waals surface area contributed by atoms with Gasteiger partial charge in [0.15, 0.2) is 0 Å². The van der Waals surface area contributed by atoms with Crippen molar-refractivity contribution in [3.63, 3.8) is 0 Å². The molecule has 0 aromatic heterocycles. The van der Waals surface area contributed by atoms with Crippen molar-refractivity contribution in [3.8, 4) is 0 Å². The number of nitrogens with zero attached hydrogens (tertiary/aromatic N) is 2. The van der Waals surface area contributed by atoms with Crippen LogP contribution in [0.2, 0.25) is 0 Å². The van der Waals surface area contributed by atoms with Gasteiger partial charge in [0, 0.05) is 13.1 Å². The molecule has 1 aliphatic rings. The molecule has 21 heavy (non-hydrogen) atoms. The topological polar surface area (TPSA) is 44.8 Å². The van der Waals surface area contributed by atoms with Crippen molar-refractivity contribution >= 4 is 5.91 Å². The molecule has 1 saturated heterocycles. The molecule has 0 aromatic carbocycles. The molecule has 0 aliphatic carbocycles. The minimum Gasteiger partial charge on any atom is -0.378 e. The zero-order valence-electron chi connectivity index (χ0n) is 14.6. The molecule has 1 rings (SSSR count). The highest BCUT2D eigenvalue weighted by atomic mass is 16.5. The summed E-state index contributed by atoms with van der Waals surface area (Å²) in [5.74, 6) is 0.776. The van der Waals surface area contributed by atoms with E-state index in [-0.39, 0.29) is 12.1 Å². The van der Waals surface area contributed by atoms with Gasteiger partial charge in [-0.05, 0) is 39.8 Å². The Morgan fingerprint density at radius 3 is 2.57 bits per heavy atom. The molecule has 5 nitrogen and oxygen atoms in total. The lowest BCUT2D eigenvalue weighted by Gasteiger charge is -2.25. The van der Waals surface area contributed by atoms with Gasteiger partial charge >= 0.3 is 0 Å². The summed E-state index contributed by atoms with van der Waals surface area (Å²) in [6.07, 6.45) is 1.94. The van der Waals surface area contributed by atoms with Crippen LogP contribution in [0.15, 0.2) is 0 Å². The van der Waals surface area contributed by atoms with Crippen molar-refractivity contribution in [2.45, 2.75) is 52.2 Å². The molecule has 1 amide bonds. The van der Waals surface area contributed by atoms with Crippen LogP contribution in [0.4, 0.5) is 0 Å². The third-order valence-corrected chi connectivity index (χ3v) is 4.16. The first kappa shape index (κ1) is 18.4. The van der Waals surface area contributed by atoms with Gasteiger partial charge in [0.1, 0.15) is 0 Å². The van der Waals surface area contributed by atoms with E-state index in [1.807, 2.05) is 25.9 Å². The van der Waals surface area contributed by atoms with Gasteiger partial charge in [-0.3, -0.25) is 10.1 Å². The number of carbonyl (C=O) groups excluding carboxylic acids is 1. The Morgan fingerprint density at radius 2 is 2.05 bits per heavy atom. The molecular formula is C16H33N3O2. The minimum atomic E-state index is -0.413. The standard InChI is InChI=1S/C16H33N3O2/c1-7-16(4)15(20)19(14(17-16)12-13(2)3)9-11-21-10-8-18(5)6/h13-14,17H,7-12H2,1-6H3. The normalized spacial score (nSPS) is 26.4. The molecule has 0 aromatic rings. The van der Waals surface area contributed by atoms with Crippen molar-refractivity contribution in [2.24, 2.45) is 5.92 Å². The second-order valence-electron chi connectivity index (χ2n) is 6.89. The van der Waals surface area contributed by atoms with Crippen LogP contribution in [-0.2, 0) is 9.53 Å². The van der Waals surface area contributed by atoms with Crippen LogP contribution in [0.25, 0.3) is 0 Å². The molecule has 124 valence electrons. The van der Waals surface area contributed by atoms with E-state index < -0.39 is 5.54 Å². The van der Waals surface area contributed by atoms with Crippen LogP contribution in [0.5, 0.6) is 0 Å². The van der Waals surface area contributed by atoms with Gasteiger partial charge < -0.3 is 14.5 Å². The molecule has 2 atom stereocenters. The highest BCUT2D eigenvalue weighted by Gasteiger charge is 2.46. The first-order valence-corrected chi connectivity index (χ1v) is 8.11. The summed E-state index contributed by atoms with van der Waals surface area (Å²) in [7, 11) is 4.06. The fourth-order valence-corrected chi connectivity index (χ4v) is 2.62. The molecular weight excluding hydrogens is 266 g/mol. The first-order valence-electron chi connectivity index (χ1n) is 8.11. The van der Waals surface area contributed by atoms with Gasteiger partial charge in [0.25, 0.3) is 0 Å². The quantitative estimate of drug-likeness (QED) is 0.656. The Hall–Kier alpha value is -0.650. The van der Waals surface area contributed by atoms with Crippen LogP contribution in [0.1, 0.15) is 40.5 Å². The van der Waals surface area contributed by atoms with E-state index in [4.69, 9.17) is 4.74 Å². The molecule has 2 unspecified atom stereocenters. The van der Waals surface area contributed by atoms with Crippen molar-refractivity contribution in [1.29, 1.82) is 0 Å². The van der Waals surface area contributed by atoms with Gasteiger partial charge in [0.05, 0.1) is 24.9 Å². The summed E-state index contributed by atoms with van der Waals surface area (Å²) in [5, 5.41) is 3.52. The number of amides is 1. The number of hydrogen-bond donors (Lipinski definition) is 1. The second-order valence-corrected chi connectivity index (χ2v) is 6.89. The van der Waals surface area contributed by atoms with Crippen molar-refractivity contribution in [2.75, 3.05) is 40.4 Å². The zero-order valence-corrected chi connectivity index (χ0v) is 14.6. The molecule has 1 heterocycles.